The summed E-state index contributed by atoms with van der Waals surface area (Å²) in [5, 5.41) is 13.4. The molecule has 1 aromatic carbocycles. The summed E-state index contributed by atoms with van der Waals surface area (Å²) in [6.45, 7) is 6.00. The van der Waals surface area contributed by atoms with Gasteiger partial charge in [-0.25, -0.2) is 0 Å². The van der Waals surface area contributed by atoms with Crippen LogP contribution in [0.4, 0.5) is 5.69 Å². The van der Waals surface area contributed by atoms with Crippen molar-refractivity contribution < 1.29 is 4.79 Å². The van der Waals surface area contributed by atoms with Crippen LogP contribution in [0.5, 0.6) is 0 Å². The maximum absolute atomic E-state index is 12.4. The van der Waals surface area contributed by atoms with Crippen molar-refractivity contribution in [1.82, 2.24) is 15.1 Å². The summed E-state index contributed by atoms with van der Waals surface area (Å²) < 4.78 is 0. The number of aromatic nitrogens is 2. The Bertz CT molecular complexity index is 650. The first-order chi connectivity index (χ1) is 11.1. The molecule has 1 aliphatic heterocycles. The zero-order valence-electron chi connectivity index (χ0n) is 13.5. The van der Waals surface area contributed by atoms with Gasteiger partial charge in [0.15, 0.2) is 0 Å². The van der Waals surface area contributed by atoms with Crippen LogP contribution >= 0.6 is 11.3 Å². The minimum atomic E-state index is 0.0924. The molecule has 0 radical (unpaired) electrons. The molecule has 3 rings (SSSR count). The number of benzene rings is 1. The molecular weight excluding hydrogens is 308 g/mol. The van der Waals surface area contributed by atoms with Crippen LogP contribution in [0.2, 0.25) is 0 Å². The fourth-order valence-corrected chi connectivity index (χ4v) is 3.74. The third kappa shape index (κ3) is 3.95. The summed E-state index contributed by atoms with van der Waals surface area (Å²) in [7, 11) is 0. The number of anilines is 1. The van der Waals surface area contributed by atoms with Gasteiger partial charge in [0, 0.05) is 11.6 Å². The molecule has 122 valence electrons. The summed E-state index contributed by atoms with van der Waals surface area (Å²) >= 11 is 1.66. The van der Waals surface area contributed by atoms with Crippen molar-refractivity contribution >= 4 is 22.9 Å². The summed E-state index contributed by atoms with van der Waals surface area (Å²) in [5.74, 6) is 0.227. The van der Waals surface area contributed by atoms with E-state index in [1.54, 1.807) is 11.3 Å². The lowest BCUT2D eigenvalue weighted by molar-refractivity contribution is -0.121. The number of nitrogens with one attached hydrogen (secondary N) is 1. The Balaban J connectivity index is 1.53. The molecule has 0 bridgehead atoms. The molecule has 1 aromatic heterocycles. The van der Waals surface area contributed by atoms with E-state index < -0.39 is 0 Å². The zero-order chi connectivity index (χ0) is 16.2. The molecule has 2 heterocycles. The van der Waals surface area contributed by atoms with Gasteiger partial charge in [0.25, 0.3) is 0 Å². The molecule has 2 aromatic rings. The van der Waals surface area contributed by atoms with Crippen molar-refractivity contribution in [3.63, 3.8) is 0 Å². The average Bonchev–Trinajstić information content (AvgIpc) is 3.02. The second kappa shape index (κ2) is 7.19. The van der Waals surface area contributed by atoms with Gasteiger partial charge in [-0.15, -0.1) is 21.5 Å². The molecule has 23 heavy (non-hydrogen) atoms. The second-order valence-corrected chi connectivity index (χ2v) is 7.21. The van der Waals surface area contributed by atoms with Crippen LogP contribution in [0.1, 0.15) is 35.8 Å². The van der Waals surface area contributed by atoms with Crippen LogP contribution < -0.4 is 5.32 Å². The average molecular weight is 330 g/mol. The largest absolute Gasteiger partial charge is 0.326 e. The van der Waals surface area contributed by atoms with Crippen molar-refractivity contribution in [2.24, 2.45) is 5.92 Å². The molecule has 1 aliphatic rings. The molecule has 1 saturated heterocycles. The molecular formula is C17H22N4OS. The Morgan fingerprint density at radius 2 is 1.96 bits per heavy atom. The Kier molecular flexibility index (Phi) is 5.03. The van der Waals surface area contributed by atoms with Gasteiger partial charge in [-0.2, -0.15) is 0 Å². The summed E-state index contributed by atoms with van der Waals surface area (Å²) in [4.78, 5) is 14.8. The predicted octanol–water partition coefficient (Wildman–Crippen LogP) is 3.26. The first-order valence-electron chi connectivity index (χ1n) is 8.03. The van der Waals surface area contributed by atoms with E-state index in [0.29, 0.717) is 0 Å². The molecule has 0 aliphatic carbocycles. The number of carbonyl (C=O) groups excluding carboxylic acids is 1. The Morgan fingerprint density at radius 1 is 1.26 bits per heavy atom. The molecule has 1 amide bonds. The molecule has 6 heteroatoms. The van der Waals surface area contributed by atoms with Crippen LogP contribution in [0.3, 0.4) is 0 Å². The van der Waals surface area contributed by atoms with Crippen molar-refractivity contribution in [3.05, 3.63) is 40.3 Å². The summed E-state index contributed by atoms with van der Waals surface area (Å²) in [5.41, 5.74) is 0.873. The van der Waals surface area contributed by atoms with E-state index in [2.05, 4.69) is 27.3 Å². The van der Waals surface area contributed by atoms with Crippen LogP contribution in [-0.4, -0.2) is 34.1 Å². The van der Waals surface area contributed by atoms with Gasteiger partial charge in [0.05, 0.1) is 6.04 Å². The Hall–Kier alpha value is -1.79. The lowest BCUT2D eigenvalue weighted by Crippen LogP contribution is -2.39. The van der Waals surface area contributed by atoms with E-state index in [0.717, 1.165) is 41.6 Å². The summed E-state index contributed by atoms with van der Waals surface area (Å²) in [6.07, 6.45) is 1.78. The van der Waals surface area contributed by atoms with Gasteiger partial charge in [-0.1, -0.05) is 18.2 Å². The predicted molar refractivity (Wildman–Crippen MR) is 92.4 cm³/mol. The van der Waals surface area contributed by atoms with Crippen LogP contribution in [0, 0.1) is 12.8 Å². The standard InChI is InChI=1S/C17H22N4OS/c1-12(17-20-19-13(2)23-17)21-10-8-14(9-11-21)16(22)18-15-6-4-3-5-7-15/h3-7,12,14H,8-11H2,1-2H3,(H,18,22). The smallest absolute Gasteiger partial charge is 0.227 e. The van der Waals surface area contributed by atoms with Crippen molar-refractivity contribution in [2.45, 2.75) is 32.7 Å². The van der Waals surface area contributed by atoms with Crippen molar-refractivity contribution in [1.29, 1.82) is 0 Å². The van der Waals surface area contributed by atoms with E-state index in [1.807, 2.05) is 37.3 Å². The van der Waals surface area contributed by atoms with E-state index in [9.17, 15) is 4.79 Å². The SMILES string of the molecule is Cc1nnc(C(C)N2CCC(C(=O)Nc3ccccc3)CC2)s1. The molecule has 1 atom stereocenters. The summed E-state index contributed by atoms with van der Waals surface area (Å²) in [6, 6.07) is 9.94. The number of aryl methyl sites for hydroxylation is 1. The van der Waals surface area contributed by atoms with Gasteiger partial charge < -0.3 is 5.32 Å². The van der Waals surface area contributed by atoms with E-state index >= 15 is 0 Å². The quantitative estimate of drug-likeness (QED) is 0.935. The second-order valence-electron chi connectivity index (χ2n) is 6.00. The van der Waals surface area contributed by atoms with E-state index in [-0.39, 0.29) is 17.9 Å². The van der Waals surface area contributed by atoms with Crippen LogP contribution in [-0.2, 0) is 4.79 Å². The zero-order valence-corrected chi connectivity index (χ0v) is 14.3. The monoisotopic (exact) mass is 330 g/mol. The minimum absolute atomic E-state index is 0.0924. The Morgan fingerprint density at radius 3 is 2.57 bits per heavy atom. The minimum Gasteiger partial charge on any atom is -0.326 e. The van der Waals surface area contributed by atoms with Crippen LogP contribution in [0.15, 0.2) is 30.3 Å². The van der Waals surface area contributed by atoms with Gasteiger partial charge >= 0.3 is 0 Å². The number of hydrogen-bond donors (Lipinski definition) is 1. The molecule has 1 fully saturated rings. The number of likely N-dealkylation sites (tertiary alicyclic amines) is 1. The van der Waals surface area contributed by atoms with Gasteiger partial charge in [-0.05, 0) is 51.9 Å². The fourth-order valence-electron chi connectivity index (χ4n) is 2.95. The normalized spacial score (nSPS) is 17.8. The number of para-hydroxylation sites is 1. The van der Waals surface area contributed by atoms with E-state index in [1.165, 1.54) is 0 Å². The number of amides is 1. The highest BCUT2D eigenvalue weighted by Crippen LogP contribution is 2.28. The van der Waals surface area contributed by atoms with Crippen molar-refractivity contribution in [3.8, 4) is 0 Å². The number of carbonyl (C=O) groups is 1. The molecule has 0 spiro atoms. The van der Waals surface area contributed by atoms with Gasteiger partial charge in [-0.3, -0.25) is 9.69 Å². The molecule has 1 N–H and O–H groups in total. The van der Waals surface area contributed by atoms with Gasteiger partial charge in [0.1, 0.15) is 10.0 Å². The highest BCUT2D eigenvalue weighted by molar-refractivity contribution is 7.11. The first-order valence-corrected chi connectivity index (χ1v) is 8.85. The molecule has 1 unspecified atom stereocenters. The first kappa shape index (κ1) is 16.1. The maximum Gasteiger partial charge on any atom is 0.227 e. The third-order valence-corrected chi connectivity index (χ3v) is 5.40. The highest BCUT2D eigenvalue weighted by Gasteiger charge is 2.28. The maximum atomic E-state index is 12.4. The molecule has 5 nitrogen and oxygen atoms in total. The van der Waals surface area contributed by atoms with E-state index in [4.69, 9.17) is 0 Å². The lowest BCUT2D eigenvalue weighted by atomic mass is 9.95. The molecule has 0 saturated carbocycles. The number of nitrogens with zero attached hydrogens (tertiary/aromatic N) is 3. The van der Waals surface area contributed by atoms with Crippen molar-refractivity contribution in [2.75, 3.05) is 18.4 Å². The third-order valence-electron chi connectivity index (χ3n) is 4.39. The lowest BCUT2D eigenvalue weighted by Gasteiger charge is -2.34. The highest BCUT2D eigenvalue weighted by atomic mass is 32.1. The number of rotatable bonds is 4. The topological polar surface area (TPSA) is 58.1 Å². The number of hydrogen-bond acceptors (Lipinski definition) is 5. The fraction of sp³-hybridized carbons (Fsp3) is 0.471. The number of piperidine rings is 1. The Labute approximate surface area is 140 Å². The van der Waals surface area contributed by atoms with Gasteiger partial charge in [0.2, 0.25) is 5.91 Å². The van der Waals surface area contributed by atoms with Crippen LogP contribution in [0.25, 0.3) is 0 Å².